The molecule has 0 atom stereocenters. The highest BCUT2D eigenvalue weighted by Gasteiger charge is 2.19. The topological polar surface area (TPSA) is 96.5 Å². The zero-order chi connectivity index (χ0) is 18.7. The third kappa shape index (κ3) is 4.14. The molecule has 144 valence electrons. The van der Waals surface area contributed by atoms with E-state index in [4.69, 9.17) is 4.74 Å². The van der Waals surface area contributed by atoms with E-state index in [1.54, 1.807) is 24.4 Å². The van der Waals surface area contributed by atoms with Gasteiger partial charge in [-0.3, -0.25) is 0 Å². The van der Waals surface area contributed by atoms with Crippen LogP contribution in [0.1, 0.15) is 18.4 Å². The van der Waals surface area contributed by atoms with Crippen molar-refractivity contribution in [2.24, 2.45) is 0 Å². The molecule has 2 N–H and O–H groups in total. The van der Waals surface area contributed by atoms with Crippen LogP contribution in [0.25, 0.3) is 0 Å². The van der Waals surface area contributed by atoms with Gasteiger partial charge in [0.15, 0.2) is 5.82 Å². The average molecular weight is 389 g/mol. The maximum atomic E-state index is 12.5. The molecule has 8 nitrogen and oxygen atoms in total. The maximum Gasteiger partial charge on any atom is 0.240 e. The molecule has 27 heavy (non-hydrogen) atoms. The number of nitrogens with zero attached hydrogens (tertiary/aromatic N) is 3. The van der Waals surface area contributed by atoms with Crippen molar-refractivity contribution in [3.63, 3.8) is 0 Å². The van der Waals surface area contributed by atoms with Crippen LogP contribution in [0.2, 0.25) is 0 Å². The number of nitrogens with one attached hydrogen (secondary N) is 2. The zero-order valence-electron chi connectivity index (χ0n) is 15.0. The summed E-state index contributed by atoms with van der Waals surface area (Å²) in [5, 5.41) is 11.2. The molecule has 1 aromatic heterocycles. The quantitative estimate of drug-likeness (QED) is 0.691. The molecule has 0 spiro atoms. The van der Waals surface area contributed by atoms with Crippen molar-refractivity contribution in [3.05, 3.63) is 36.0 Å². The number of anilines is 2. The number of aromatic nitrogens is 2. The van der Waals surface area contributed by atoms with Gasteiger partial charge < -0.3 is 15.0 Å². The van der Waals surface area contributed by atoms with E-state index in [-0.39, 0.29) is 11.4 Å². The molecule has 1 aromatic carbocycles. The van der Waals surface area contributed by atoms with Gasteiger partial charge in [0.2, 0.25) is 10.0 Å². The first-order chi connectivity index (χ1) is 13.1. The molecule has 2 aromatic rings. The summed E-state index contributed by atoms with van der Waals surface area (Å²) in [5.41, 5.74) is 1.98. The monoisotopic (exact) mass is 389 g/mol. The van der Waals surface area contributed by atoms with Crippen LogP contribution >= 0.6 is 0 Å². The summed E-state index contributed by atoms with van der Waals surface area (Å²) >= 11 is 0. The van der Waals surface area contributed by atoms with Gasteiger partial charge in [0.05, 0.1) is 23.4 Å². The van der Waals surface area contributed by atoms with Crippen molar-refractivity contribution in [3.8, 4) is 5.75 Å². The molecule has 2 aliphatic heterocycles. The normalized spacial score (nSPS) is 16.2. The van der Waals surface area contributed by atoms with E-state index in [0.29, 0.717) is 19.0 Å². The van der Waals surface area contributed by atoms with Crippen LogP contribution < -0.4 is 19.7 Å². The molecule has 0 saturated carbocycles. The Labute approximate surface area is 159 Å². The van der Waals surface area contributed by atoms with Crippen molar-refractivity contribution >= 4 is 21.5 Å². The third-order valence-electron chi connectivity index (χ3n) is 4.81. The fourth-order valence-corrected chi connectivity index (χ4v) is 4.46. The minimum Gasteiger partial charge on any atom is -0.493 e. The van der Waals surface area contributed by atoms with Gasteiger partial charge in [0.25, 0.3) is 0 Å². The van der Waals surface area contributed by atoms with E-state index in [9.17, 15) is 8.42 Å². The molecule has 0 bridgehead atoms. The van der Waals surface area contributed by atoms with Gasteiger partial charge in [-0.1, -0.05) is 0 Å². The SMILES string of the molecule is O=S(=O)(NCCNc1cc(N2CCCC2)cnn1)c1ccc2c(c1)CCO2. The molecule has 1 saturated heterocycles. The second kappa shape index (κ2) is 7.69. The fraction of sp³-hybridized carbons (Fsp3) is 0.444. The summed E-state index contributed by atoms with van der Waals surface area (Å²) < 4.78 is 32.9. The van der Waals surface area contributed by atoms with Crippen molar-refractivity contribution in [1.82, 2.24) is 14.9 Å². The summed E-state index contributed by atoms with van der Waals surface area (Å²) in [6.45, 7) is 3.36. The van der Waals surface area contributed by atoms with Crippen molar-refractivity contribution in [2.75, 3.05) is 43.0 Å². The largest absolute Gasteiger partial charge is 0.493 e. The third-order valence-corrected chi connectivity index (χ3v) is 6.26. The number of benzene rings is 1. The lowest BCUT2D eigenvalue weighted by Gasteiger charge is -2.17. The van der Waals surface area contributed by atoms with Gasteiger partial charge in [-0.2, -0.15) is 5.10 Å². The molecule has 0 radical (unpaired) electrons. The fourth-order valence-electron chi connectivity index (χ4n) is 3.38. The molecule has 3 heterocycles. The highest BCUT2D eigenvalue weighted by atomic mass is 32.2. The van der Waals surface area contributed by atoms with Gasteiger partial charge in [-0.05, 0) is 36.6 Å². The number of fused-ring (bicyclic) bond motifs is 1. The molecule has 2 aliphatic rings. The van der Waals surface area contributed by atoms with Gasteiger partial charge in [-0.15, -0.1) is 5.10 Å². The standard InChI is InChI=1S/C18H23N5O3S/c24-27(25,16-3-4-17-14(11-16)5-10-26-17)21-7-6-19-18-12-15(13-20-22-18)23-8-1-2-9-23/h3-4,11-13,21H,1-2,5-10H2,(H,19,22). The van der Waals surface area contributed by atoms with E-state index in [0.717, 1.165) is 36.5 Å². The van der Waals surface area contributed by atoms with Gasteiger partial charge >= 0.3 is 0 Å². The smallest absolute Gasteiger partial charge is 0.240 e. The van der Waals surface area contributed by atoms with Crippen molar-refractivity contribution < 1.29 is 13.2 Å². The minimum absolute atomic E-state index is 0.255. The second-order valence-corrected chi connectivity index (χ2v) is 8.45. The Bertz CT molecular complexity index is 913. The van der Waals surface area contributed by atoms with Crippen LogP contribution in [0.3, 0.4) is 0 Å². The van der Waals surface area contributed by atoms with Crippen molar-refractivity contribution in [2.45, 2.75) is 24.2 Å². The van der Waals surface area contributed by atoms with Crippen LogP contribution in [0.4, 0.5) is 11.5 Å². The molecule has 9 heteroatoms. The maximum absolute atomic E-state index is 12.5. The van der Waals surface area contributed by atoms with E-state index in [1.807, 2.05) is 6.07 Å². The van der Waals surface area contributed by atoms with Crippen LogP contribution in [0, 0.1) is 0 Å². The Morgan fingerprint density at radius 3 is 2.85 bits per heavy atom. The molecule has 0 aliphatic carbocycles. The van der Waals surface area contributed by atoms with Gasteiger partial charge in [0.1, 0.15) is 5.75 Å². The Morgan fingerprint density at radius 2 is 2.00 bits per heavy atom. The molecular formula is C18H23N5O3S. The molecule has 1 fully saturated rings. The van der Waals surface area contributed by atoms with Gasteiger partial charge in [0, 0.05) is 38.7 Å². The molecule has 0 unspecified atom stereocenters. The average Bonchev–Trinajstić information content (AvgIpc) is 3.36. The Morgan fingerprint density at radius 1 is 1.15 bits per heavy atom. The Kier molecular flexibility index (Phi) is 5.13. The van der Waals surface area contributed by atoms with Crippen molar-refractivity contribution in [1.29, 1.82) is 0 Å². The van der Waals surface area contributed by atoms with Crippen LogP contribution in [0.5, 0.6) is 5.75 Å². The summed E-state index contributed by atoms with van der Waals surface area (Å²) in [5.74, 6) is 1.42. The Balaban J connectivity index is 1.31. The van der Waals surface area contributed by atoms with Crippen LogP contribution in [-0.4, -0.2) is 51.4 Å². The second-order valence-electron chi connectivity index (χ2n) is 6.69. The molecule has 0 amide bonds. The lowest BCUT2D eigenvalue weighted by Crippen LogP contribution is -2.29. The van der Waals surface area contributed by atoms with Crippen LogP contribution in [0.15, 0.2) is 35.4 Å². The van der Waals surface area contributed by atoms with Gasteiger partial charge in [-0.25, -0.2) is 13.1 Å². The van der Waals surface area contributed by atoms with E-state index < -0.39 is 10.0 Å². The molecule has 4 rings (SSSR count). The first kappa shape index (κ1) is 18.0. The number of sulfonamides is 1. The summed E-state index contributed by atoms with van der Waals surface area (Å²) in [6.07, 6.45) is 4.90. The number of hydrogen-bond acceptors (Lipinski definition) is 7. The lowest BCUT2D eigenvalue weighted by atomic mass is 10.2. The summed E-state index contributed by atoms with van der Waals surface area (Å²) in [6, 6.07) is 6.93. The van der Waals surface area contributed by atoms with Crippen LogP contribution in [-0.2, 0) is 16.4 Å². The molecular weight excluding hydrogens is 366 g/mol. The number of hydrogen-bond donors (Lipinski definition) is 2. The lowest BCUT2D eigenvalue weighted by molar-refractivity contribution is 0.356. The summed E-state index contributed by atoms with van der Waals surface area (Å²) in [7, 11) is -3.55. The highest BCUT2D eigenvalue weighted by molar-refractivity contribution is 7.89. The predicted molar refractivity (Wildman–Crippen MR) is 103 cm³/mol. The Hall–Kier alpha value is -2.39. The van der Waals surface area contributed by atoms with E-state index in [1.165, 1.54) is 12.8 Å². The summed E-state index contributed by atoms with van der Waals surface area (Å²) in [4.78, 5) is 2.54. The zero-order valence-corrected chi connectivity index (χ0v) is 15.8. The highest BCUT2D eigenvalue weighted by Crippen LogP contribution is 2.27. The first-order valence-electron chi connectivity index (χ1n) is 9.19. The number of rotatable bonds is 7. The first-order valence-corrected chi connectivity index (χ1v) is 10.7. The van der Waals surface area contributed by atoms with E-state index in [2.05, 4.69) is 25.1 Å². The minimum atomic E-state index is -3.55. The van der Waals surface area contributed by atoms with E-state index >= 15 is 0 Å². The number of ether oxygens (including phenoxy) is 1. The predicted octanol–water partition coefficient (Wildman–Crippen LogP) is 1.40.